The monoisotopic (exact) mass is 728 g/mol. The second-order valence-corrected chi connectivity index (χ2v) is 15.2. The van der Waals surface area contributed by atoms with E-state index in [9.17, 15) is 79.0 Å². The van der Waals surface area contributed by atoms with Gasteiger partial charge in [0.15, 0.2) is 0 Å². The molecular weight excluding hydrogens is 713 g/mol. The van der Waals surface area contributed by atoms with Gasteiger partial charge in [0.1, 0.15) is 0 Å². The minimum absolute atomic E-state index is 0.678. The summed E-state index contributed by atoms with van der Waals surface area (Å²) in [4.78, 5) is 0. The molecule has 1 unspecified atom stereocenters. The van der Waals surface area contributed by atoms with Crippen LogP contribution in [-0.4, -0.2) is 75.0 Å². The van der Waals surface area contributed by atoms with Crippen molar-refractivity contribution in [2.75, 3.05) is 0 Å². The molecule has 3 nitrogen and oxygen atoms in total. The van der Waals surface area contributed by atoms with Gasteiger partial charge in [-0.2, -0.15) is 0 Å². The first-order valence-corrected chi connectivity index (χ1v) is 15.2. The van der Waals surface area contributed by atoms with Gasteiger partial charge >= 0.3 is 211 Å². The molecule has 0 saturated heterocycles. The molecule has 22 heteroatoms. The van der Waals surface area contributed by atoms with Gasteiger partial charge in [0, 0.05) is 0 Å². The molecular formula is C17H14F18O3Sn. The molecule has 0 aromatic rings. The van der Waals surface area contributed by atoms with E-state index in [1.165, 1.54) is 0 Å². The van der Waals surface area contributed by atoms with Crippen molar-refractivity contribution in [3.05, 3.63) is 24.3 Å². The second kappa shape index (κ2) is 11.3. The maximum absolute atomic E-state index is 13.2. The third-order valence-corrected chi connectivity index (χ3v) is 13.3. The fraction of sp³-hybridized carbons (Fsp3) is 0.765. The summed E-state index contributed by atoms with van der Waals surface area (Å²) in [5.74, 6) is 0. The van der Waals surface area contributed by atoms with Crippen LogP contribution in [0, 0.1) is 5.41 Å². The van der Waals surface area contributed by atoms with Crippen molar-refractivity contribution in [3.8, 4) is 0 Å². The van der Waals surface area contributed by atoms with Crippen LogP contribution in [0.25, 0.3) is 0 Å². The van der Waals surface area contributed by atoms with E-state index >= 15 is 0 Å². The van der Waals surface area contributed by atoms with Crippen LogP contribution in [0.2, 0.25) is 4.44 Å². The molecule has 0 fully saturated rings. The van der Waals surface area contributed by atoms with Crippen molar-refractivity contribution in [1.82, 2.24) is 0 Å². The predicted octanol–water partition coefficient (Wildman–Crippen LogP) is 7.98. The fourth-order valence-corrected chi connectivity index (χ4v) is 13.2. The molecule has 0 aromatic heterocycles. The van der Waals surface area contributed by atoms with Crippen LogP contribution < -0.4 is 0 Å². The molecule has 1 atom stereocenters. The van der Waals surface area contributed by atoms with Crippen LogP contribution in [0.3, 0.4) is 0 Å². The quantitative estimate of drug-likeness (QED) is 0.188. The van der Waals surface area contributed by atoms with Gasteiger partial charge in [0.25, 0.3) is 0 Å². The number of allylic oxidation sites excluding steroid dienone is 4. The van der Waals surface area contributed by atoms with Gasteiger partial charge in [-0.1, -0.05) is 0 Å². The van der Waals surface area contributed by atoms with Crippen LogP contribution in [0.1, 0.15) is 13.3 Å². The van der Waals surface area contributed by atoms with E-state index in [4.69, 9.17) is 0 Å². The third-order valence-electron chi connectivity index (χ3n) is 4.63. The summed E-state index contributed by atoms with van der Waals surface area (Å²) in [5, 5.41) is 0. The van der Waals surface area contributed by atoms with Crippen LogP contribution in [0.5, 0.6) is 0 Å². The summed E-state index contributed by atoms with van der Waals surface area (Å²) < 4.78 is 246. The van der Waals surface area contributed by atoms with E-state index in [1.54, 1.807) is 0 Å². The van der Waals surface area contributed by atoms with Crippen LogP contribution in [-0.2, 0) is 9.22 Å². The standard InChI is InChI=1S/C8H11.3C3HF6O.Sn/c1-8(2)6-4-3-5-7-8;3*4-2(5,6)1(10)3(7,8)9;/h3-6H,1,7H2,2H3;3*1H;/q;3*-1;+3. The Kier molecular flexibility index (Phi) is 10.4. The average molecular weight is 727 g/mol. The summed E-state index contributed by atoms with van der Waals surface area (Å²) >= 11 is -8.80. The molecule has 0 aromatic carbocycles. The summed E-state index contributed by atoms with van der Waals surface area (Å²) in [7, 11) is 0. The molecule has 0 saturated carbocycles. The first-order chi connectivity index (χ1) is 16.9. The molecule has 230 valence electrons. The van der Waals surface area contributed by atoms with Crippen molar-refractivity contribution in [1.29, 1.82) is 0 Å². The number of alkyl halides is 18. The summed E-state index contributed by atoms with van der Waals surface area (Å²) in [6.07, 6.45) is -54.6. The topological polar surface area (TPSA) is 27.7 Å². The molecule has 0 heterocycles. The molecule has 0 N–H and O–H groups in total. The van der Waals surface area contributed by atoms with E-state index < -0.39 is 91.3 Å². The number of hydrogen-bond donors (Lipinski definition) is 0. The zero-order valence-corrected chi connectivity index (χ0v) is 21.3. The Bertz CT molecular complexity index is 753. The van der Waals surface area contributed by atoms with Gasteiger partial charge < -0.3 is 0 Å². The number of rotatable bonds is 8. The molecule has 1 aliphatic rings. The van der Waals surface area contributed by atoms with Crippen molar-refractivity contribution in [3.63, 3.8) is 0 Å². The Balaban J connectivity index is 4.07. The Hall–Kier alpha value is -1.10. The maximum atomic E-state index is 13.2. The van der Waals surface area contributed by atoms with Gasteiger partial charge in [-0.05, 0) is 0 Å². The molecule has 0 aliphatic heterocycles. The summed E-state index contributed by atoms with van der Waals surface area (Å²) in [5.41, 5.74) is -2.28. The minimum atomic E-state index is -8.80. The van der Waals surface area contributed by atoms with Gasteiger partial charge in [-0.15, -0.1) is 0 Å². The molecule has 0 amide bonds. The van der Waals surface area contributed by atoms with Crippen molar-refractivity contribution >= 4 is 19.6 Å². The zero-order chi connectivity index (χ0) is 31.1. The van der Waals surface area contributed by atoms with E-state index in [-0.39, 0.29) is 0 Å². The van der Waals surface area contributed by atoms with Crippen molar-refractivity contribution in [2.45, 2.75) is 73.2 Å². The zero-order valence-electron chi connectivity index (χ0n) is 18.5. The van der Waals surface area contributed by atoms with Crippen LogP contribution >= 0.6 is 0 Å². The van der Waals surface area contributed by atoms with E-state index in [1.807, 2.05) is 0 Å². The van der Waals surface area contributed by atoms with Gasteiger partial charge in [0.05, 0.1) is 0 Å². The summed E-state index contributed by atoms with van der Waals surface area (Å²) in [6, 6.07) is 0. The SMILES string of the molecule is CC1([CH2][Sn]([O]C(C(F)(F)F)C(F)(F)F)([O]C(C(F)(F)F)C(F)(F)F)[O]C(C(F)(F)F)C(F)(F)F)C=CC=CC1. The first kappa shape index (κ1) is 35.9. The molecule has 39 heavy (non-hydrogen) atoms. The first-order valence-electron chi connectivity index (χ1n) is 9.71. The Morgan fingerprint density at radius 2 is 0.846 bits per heavy atom. The van der Waals surface area contributed by atoms with Crippen LogP contribution in [0.15, 0.2) is 24.3 Å². The van der Waals surface area contributed by atoms with E-state index in [0.717, 1.165) is 18.2 Å². The molecule has 1 aliphatic carbocycles. The summed E-state index contributed by atoms with van der Waals surface area (Å²) in [6.45, 7) is 0.678. The molecule has 0 spiro atoms. The Morgan fingerprint density at radius 1 is 0.564 bits per heavy atom. The fourth-order valence-electron chi connectivity index (χ4n) is 3.10. The normalized spacial score (nSPS) is 20.6. The number of halogens is 18. The van der Waals surface area contributed by atoms with Crippen molar-refractivity contribution < 1.29 is 88.2 Å². The molecule has 0 bridgehead atoms. The van der Waals surface area contributed by atoms with E-state index in [2.05, 4.69) is 9.22 Å². The Morgan fingerprint density at radius 3 is 1.05 bits per heavy atom. The van der Waals surface area contributed by atoms with Gasteiger partial charge in [0.2, 0.25) is 0 Å². The average Bonchev–Trinajstić information content (AvgIpc) is 2.63. The predicted molar refractivity (Wildman–Crippen MR) is 92.5 cm³/mol. The van der Waals surface area contributed by atoms with E-state index in [0.29, 0.717) is 13.0 Å². The second-order valence-electron chi connectivity index (χ2n) is 8.25. The number of hydrogen-bond acceptors (Lipinski definition) is 3. The third kappa shape index (κ3) is 10.3. The van der Waals surface area contributed by atoms with Crippen LogP contribution in [0.4, 0.5) is 79.0 Å². The van der Waals surface area contributed by atoms with Crippen molar-refractivity contribution in [2.24, 2.45) is 5.41 Å². The Labute approximate surface area is 211 Å². The molecule has 0 radical (unpaired) electrons. The van der Waals surface area contributed by atoms with Gasteiger partial charge in [-0.25, -0.2) is 0 Å². The van der Waals surface area contributed by atoms with Gasteiger partial charge in [-0.3, -0.25) is 0 Å². The molecule has 1 rings (SSSR count).